The number of rotatable bonds is 2. The van der Waals surface area contributed by atoms with Crippen LogP contribution in [0.25, 0.3) is 0 Å². The molecule has 14 heavy (non-hydrogen) atoms. The maximum Gasteiger partial charge on any atom is 0.0469 e. The Bertz CT molecular complexity index is 320. The van der Waals surface area contributed by atoms with Gasteiger partial charge in [-0.15, -0.1) is 0 Å². The Morgan fingerprint density at radius 3 is 3.00 bits per heavy atom. The molecular formula is C12H18N2. The van der Waals surface area contributed by atoms with Crippen molar-refractivity contribution in [2.45, 2.75) is 38.6 Å². The number of aromatic nitrogens is 1. The number of aryl methyl sites for hydroxylation is 1. The molecule has 1 aliphatic rings. The zero-order chi connectivity index (χ0) is 10.1. The summed E-state index contributed by atoms with van der Waals surface area (Å²) in [5, 5.41) is 0. The van der Waals surface area contributed by atoms with Crippen molar-refractivity contribution in [3.8, 4) is 0 Å². The second-order valence-corrected chi connectivity index (χ2v) is 4.41. The highest BCUT2D eigenvalue weighted by atomic mass is 14.7. The fraction of sp³-hybridized carbons (Fsp3) is 0.583. The minimum atomic E-state index is 0.257. The average molecular weight is 190 g/mol. The van der Waals surface area contributed by atoms with Crippen molar-refractivity contribution in [3.05, 3.63) is 29.6 Å². The molecule has 2 N–H and O–H groups in total. The van der Waals surface area contributed by atoms with Gasteiger partial charge in [-0.05, 0) is 37.3 Å². The summed E-state index contributed by atoms with van der Waals surface area (Å²) >= 11 is 0. The van der Waals surface area contributed by atoms with Crippen LogP contribution >= 0.6 is 0 Å². The summed E-state index contributed by atoms with van der Waals surface area (Å²) in [5.74, 6) is 1.11. The smallest absolute Gasteiger partial charge is 0.0469 e. The van der Waals surface area contributed by atoms with Crippen LogP contribution in [0.3, 0.4) is 0 Å². The minimum Gasteiger partial charge on any atom is -0.328 e. The molecule has 0 amide bonds. The van der Waals surface area contributed by atoms with Crippen molar-refractivity contribution in [3.63, 3.8) is 0 Å². The monoisotopic (exact) mass is 190 g/mol. The quantitative estimate of drug-likeness (QED) is 0.775. The van der Waals surface area contributed by atoms with E-state index in [9.17, 15) is 0 Å². The van der Waals surface area contributed by atoms with E-state index < -0.39 is 0 Å². The van der Waals surface area contributed by atoms with Gasteiger partial charge in [0.15, 0.2) is 0 Å². The number of fused-ring (bicyclic) bond motifs is 1. The summed E-state index contributed by atoms with van der Waals surface area (Å²) in [6.45, 7) is 4.32. The fourth-order valence-corrected chi connectivity index (χ4v) is 2.32. The average Bonchev–Trinajstić information content (AvgIpc) is 2.60. The van der Waals surface area contributed by atoms with E-state index in [0.717, 1.165) is 0 Å². The predicted molar refractivity (Wildman–Crippen MR) is 58.1 cm³/mol. The van der Waals surface area contributed by atoms with Crippen LogP contribution in [0.1, 0.15) is 37.4 Å². The first-order valence-corrected chi connectivity index (χ1v) is 5.39. The maximum absolute atomic E-state index is 5.95. The molecule has 0 spiro atoms. The Morgan fingerprint density at radius 2 is 2.29 bits per heavy atom. The van der Waals surface area contributed by atoms with Crippen LogP contribution in [-0.2, 0) is 6.42 Å². The zero-order valence-electron chi connectivity index (χ0n) is 8.90. The second kappa shape index (κ2) is 3.70. The van der Waals surface area contributed by atoms with Gasteiger partial charge >= 0.3 is 0 Å². The van der Waals surface area contributed by atoms with Crippen LogP contribution in [0, 0.1) is 5.92 Å². The fourth-order valence-electron chi connectivity index (χ4n) is 2.32. The molecule has 2 nitrogen and oxygen atoms in total. The Labute approximate surface area is 85.5 Å². The van der Waals surface area contributed by atoms with E-state index >= 15 is 0 Å². The number of hydrogen-bond donors (Lipinski definition) is 1. The molecule has 0 aromatic carbocycles. The molecule has 0 fully saturated rings. The Hall–Kier alpha value is -0.890. The summed E-state index contributed by atoms with van der Waals surface area (Å²) in [6.07, 6.45) is 4.28. The Balaban J connectivity index is 2.26. The third-order valence-electron chi connectivity index (χ3n) is 3.47. The Kier molecular flexibility index (Phi) is 2.55. The number of nitrogens with zero attached hydrogens (tertiary/aromatic N) is 1. The lowest BCUT2D eigenvalue weighted by molar-refractivity contribution is 0.389. The molecule has 0 aliphatic heterocycles. The van der Waals surface area contributed by atoms with Gasteiger partial charge < -0.3 is 5.73 Å². The number of nitrogens with two attached hydrogens (primary N) is 1. The van der Waals surface area contributed by atoms with Crippen molar-refractivity contribution in [2.75, 3.05) is 0 Å². The molecule has 76 valence electrons. The largest absolute Gasteiger partial charge is 0.328 e. The highest BCUT2D eigenvalue weighted by Gasteiger charge is 2.29. The first kappa shape index (κ1) is 9.66. The van der Waals surface area contributed by atoms with Crippen molar-refractivity contribution < 1.29 is 0 Å². The molecule has 3 unspecified atom stereocenters. The van der Waals surface area contributed by atoms with Crippen molar-refractivity contribution in [1.29, 1.82) is 0 Å². The molecular weight excluding hydrogens is 172 g/mol. The van der Waals surface area contributed by atoms with Gasteiger partial charge in [-0.3, -0.25) is 4.98 Å². The van der Waals surface area contributed by atoms with Gasteiger partial charge in [0.25, 0.3) is 0 Å². The molecule has 1 aromatic rings. The molecule has 0 bridgehead atoms. The SMILES string of the molecule is CC(N)C(C)C1CCc2cccnc21. The molecule has 1 aromatic heterocycles. The van der Waals surface area contributed by atoms with Gasteiger partial charge in [-0.25, -0.2) is 0 Å². The van der Waals surface area contributed by atoms with E-state index in [1.165, 1.54) is 24.1 Å². The molecule has 3 atom stereocenters. The lowest BCUT2D eigenvalue weighted by Crippen LogP contribution is -2.28. The lowest BCUT2D eigenvalue weighted by Gasteiger charge is -2.22. The predicted octanol–water partition coefficient (Wildman–Crippen LogP) is 2.09. The van der Waals surface area contributed by atoms with E-state index in [0.29, 0.717) is 11.8 Å². The van der Waals surface area contributed by atoms with Crippen LogP contribution in [0.15, 0.2) is 18.3 Å². The summed E-state index contributed by atoms with van der Waals surface area (Å²) in [6, 6.07) is 4.47. The van der Waals surface area contributed by atoms with Gasteiger partial charge in [0.2, 0.25) is 0 Å². The van der Waals surface area contributed by atoms with E-state index in [1.807, 2.05) is 12.3 Å². The summed E-state index contributed by atoms with van der Waals surface area (Å²) < 4.78 is 0. The van der Waals surface area contributed by atoms with Crippen LogP contribution in [0.5, 0.6) is 0 Å². The van der Waals surface area contributed by atoms with E-state index in [4.69, 9.17) is 5.73 Å². The van der Waals surface area contributed by atoms with Crippen LogP contribution < -0.4 is 5.73 Å². The summed E-state index contributed by atoms with van der Waals surface area (Å²) in [5.41, 5.74) is 8.66. The van der Waals surface area contributed by atoms with Crippen molar-refractivity contribution >= 4 is 0 Å². The maximum atomic E-state index is 5.95. The van der Waals surface area contributed by atoms with Gasteiger partial charge in [-0.2, -0.15) is 0 Å². The lowest BCUT2D eigenvalue weighted by atomic mass is 9.87. The van der Waals surface area contributed by atoms with Gasteiger partial charge in [0.1, 0.15) is 0 Å². The zero-order valence-corrected chi connectivity index (χ0v) is 8.90. The standard InChI is InChI=1S/C12H18N2/c1-8(9(2)13)11-6-5-10-4-3-7-14-12(10)11/h3-4,7-9,11H,5-6,13H2,1-2H3. The number of pyridine rings is 1. The summed E-state index contributed by atoms with van der Waals surface area (Å²) in [7, 11) is 0. The Morgan fingerprint density at radius 1 is 1.50 bits per heavy atom. The molecule has 0 saturated heterocycles. The summed E-state index contributed by atoms with van der Waals surface area (Å²) in [4.78, 5) is 4.49. The molecule has 2 rings (SSSR count). The molecule has 1 aliphatic carbocycles. The minimum absolute atomic E-state index is 0.257. The second-order valence-electron chi connectivity index (χ2n) is 4.41. The first-order valence-electron chi connectivity index (χ1n) is 5.39. The number of hydrogen-bond acceptors (Lipinski definition) is 2. The van der Waals surface area contributed by atoms with Crippen LogP contribution in [0.2, 0.25) is 0 Å². The topological polar surface area (TPSA) is 38.9 Å². The van der Waals surface area contributed by atoms with Crippen molar-refractivity contribution in [1.82, 2.24) is 4.98 Å². The van der Waals surface area contributed by atoms with Gasteiger partial charge in [-0.1, -0.05) is 13.0 Å². The molecule has 0 radical (unpaired) electrons. The highest BCUT2D eigenvalue weighted by molar-refractivity contribution is 5.29. The normalized spacial score (nSPS) is 24.4. The molecule has 1 heterocycles. The third kappa shape index (κ3) is 1.55. The van der Waals surface area contributed by atoms with E-state index in [1.54, 1.807) is 0 Å². The first-order chi connectivity index (χ1) is 6.70. The van der Waals surface area contributed by atoms with E-state index in [2.05, 4.69) is 24.9 Å². The van der Waals surface area contributed by atoms with Gasteiger partial charge in [0, 0.05) is 23.9 Å². The van der Waals surface area contributed by atoms with Crippen LogP contribution in [-0.4, -0.2) is 11.0 Å². The van der Waals surface area contributed by atoms with Gasteiger partial charge in [0.05, 0.1) is 0 Å². The molecule has 0 saturated carbocycles. The third-order valence-corrected chi connectivity index (χ3v) is 3.47. The molecule has 2 heteroatoms. The van der Waals surface area contributed by atoms with E-state index in [-0.39, 0.29) is 6.04 Å². The van der Waals surface area contributed by atoms with Crippen molar-refractivity contribution in [2.24, 2.45) is 11.7 Å². The highest BCUT2D eigenvalue weighted by Crippen LogP contribution is 2.37. The van der Waals surface area contributed by atoms with Crippen LogP contribution in [0.4, 0.5) is 0 Å².